The van der Waals surface area contributed by atoms with Crippen molar-refractivity contribution in [2.75, 3.05) is 39.8 Å². The fraction of sp³-hybridized carbons (Fsp3) is 0.714. The Morgan fingerprint density at radius 2 is 0.750 bits per heavy atom. The first kappa shape index (κ1) is 21.8. The Morgan fingerprint density at radius 1 is 0.542 bits per heavy atom. The molecule has 0 unspecified atom stereocenters. The molecule has 0 aromatic heterocycles. The second-order valence-corrected chi connectivity index (χ2v) is 5.35. The third kappa shape index (κ3) is 13.5. The van der Waals surface area contributed by atoms with Gasteiger partial charge in [0.15, 0.2) is 0 Å². The van der Waals surface area contributed by atoms with E-state index in [-0.39, 0.29) is 50.3 Å². The van der Waals surface area contributed by atoms with Crippen molar-refractivity contribution >= 4 is 23.6 Å². The fourth-order valence-corrected chi connectivity index (χ4v) is 1.60. The van der Waals surface area contributed by atoms with Gasteiger partial charge < -0.3 is 21.3 Å². The molecule has 4 N–H and O–H groups in total. The van der Waals surface area contributed by atoms with Crippen molar-refractivity contribution in [3.63, 3.8) is 0 Å². The van der Waals surface area contributed by atoms with E-state index in [2.05, 4.69) is 21.3 Å². The zero-order chi connectivity index (χ0) is 18.5. The van der Waals surface area contributed by atoms with E-state index < -0.39 is 0 Å². The van der Waals surface area contributed by atoms with Crippen LogP contribution in [0.5, 0.6) is 0 Å². The Kier molecular flexibility index (Phi) is 11.1. The van der Waals surface area contributed by atoms with Crippen LogP contribution < -0.4 is 21.3 Å². The zero-order valence-corrected chi connectivity index (χ0v) is 14.8. The zero-order valence-electron chi connectivity index (χ0n) is 14.8. The molecule has 24 heavy (non-hydrogen) atoms. The average Bonchev–Trinajstić information content (AvgIpc) is 2.47. The molecule has 0 saturated carbocycles. The lowest BCUT2D eigenvalue weighted by Crippen LogP contribution is -2.49. The van der Waals surface area contributed by atoms with E-state index >= 15 is 0 Å². The number of rotatable bonds is 11. The maximum absolute atomic E-state index is 11.0. The first-order valence-corrected chi connectivity index (χ1v) is 7.63. The van der Waals surface area contributed by atoms with Gasteiger partial charge in [-0.1, -0.05) is 0 Å². The van der Waals surface area contributed by atoms with Crippen molar-refractivity contribution in [2.24, 2.45) is 0 Å². The standard InChI is InChI=1S/C14H28N6O4/c1-11(21)15-7-19(8-16-12(2)22)5-6-20(9-17-13(3)23)10-18-14(4)24/h5-10H2,1-4H3,(H,15,21)(H,16,22)(H,17,23)(H,18,24). The summed E-state index contributed by atoms with van der Waals surface area (Å²) in [6.45, 7) is 7.81. The van der Waals surface area contributed by atoms with Gasteiger partial charge in [0, 0.05) is 40.8 Å². The minimum atomic E-state index is -0.170. The summed E-state index contributed by atoms with van der Waals surface area (Å²) in [5.74, 6) is -0.681. The highest BCUT2D eigenvalue weighted by Crippen LogP contribution is 1.90. The fourth-order valence-electron chi connectivity index (χ4n) is 1.60. The molecule has 0 aromatic carbocycles. The van der Waals surface area contributed by atoms with Gasteiger partial charge in [-0.25, -0.2) is 0 Å². The van der Waals surface area contributed by atoms with Crippen LogP contribution in [0.4, 0.5) is 0 Å². The summed E-state index contributed by atoms with van der Waals surface area (Å²) in [5, 5.41) is 10.7. The van der Waals surface area contributed by atoms with Crippen LogP contribution in [0.25, 0.3) is 0 Å². The van der Waals surface area contributed by atoms with E-state index in [1.807, 2.05) is 9.80 Å². The number of nitrogens with zero attached hydrogens (tertiary/aromatic N) is 2. The molecule has 0 aliphatic carbocycles. The number of hydrogen-bond acceptors (Lipinski definition) is 6. The third-order valence-electron chi connectivity index (χ3n) is 2.94. The van der Waals surface area contributed by atoms with E-state index in [4.69, 9.17) is 0 Å². The highest BCUT2D eigenvalue weighted by molar-refractivity contribution is 5.73. The van der Waals surface area contributed by atoms with Crippen LogP contribution in [0, 0.1) is 0 Å². The van der Waals surface area contributed by atoms with Crippen molar-refractivity contribution in [2.45, 2.75) is 27.7 Å². The van der Waals surface area contributed by atoms with Crippen molar-refractivity contribution < 1.29 is 19.2 Å². The second kappa shape index (κ2) is 12.3. The predicted octanol–water partition coefficient (Wildman–Crippen LogP) is -2.04. The molecule has 0 atom stereocenters. The van der Waals surface area contributed by atoms with E-state index in [1.54, 1.807) is 0 Å². The summed E-state index contributed by atoms with van der Waals surface area (Å²) < 4.78 is 0. The highest BCUT2D eigenvalue weighted by atomic mass is 16.2. The van der Waals surface area contributed by atoms with Gasteiger partial charge in [0.25, 0.3) is 0 Å². The average molecular weight is 344 g/mol. The van der Waals surface area contributed by atoms with Crippen molar-refractivity contribution in [3.05, 3.63) is 0 Å². The number of nitrogens with one attached hydrogen (secondary N) is 4. The van der Waals surface area contributed by atoms with Crippen LogP contribution in [0.1, 0.15) is 27.7 Å². The second-order valence-electron chi connectivity index (χ2n) is 5.35. The lowest BCUT2D eigenvalue weighted by Gasteiger charge is -2.27. The number of hydrogen-bond donors (Lipinski definition) is 4. The Balaban J connectivity index is 4.53. The molecule has 0 bridgehead atoms. The first-order chi connectivity index (χ1) is 11.2. The van der Waals surface area contributed by atoms with Gasteiger partial charge in [-0.2, -0.15) is 0 Å². The van der Waals surface area contributed by atoms with Gasteiger partial charge in [0.05, 0.1) is 26.7 Å². The number of amides is 4. The molecule has 10 heteroatoms. The molecule has 0 aliphatic heterocycles. The SMILES string of the molecule is CC(=O)NCN(CCN(CNC(C)=O)CNC(C)=O)CNC(C)=O. The Labute approximate surface area is 142 Å². The van der Waals surface area contributed by atoms with Crippen molar-refractivity contribution in [1.82, 2.24) is 31.1 Å². The Morgan fingerprint density at radius 3 is 0.917 bits per heavy atom. The Bertz CT molecular complexity index is 367. The van der Waals surface area contributed by atoms with E-state index in [1.165, 1.54) is 27.7 Å². The maximum atomic E-state index is 11.0. The maximum Gasteiger partial charge on any atom is 0.217 e. The Hall–Kier alpha value is -2.20. The largest absolute Gasteiger partial charge is 0.344 e. The lowest BCUT2D eigenvalue weighted by molar-refractivity contribution is -0.122. The molecule has 0 rings (SSSR count). The van der Waals surface area contributed by atoms with Crippen LogP contribution in [-0.2, 0) is 19.2 Å². The molecule has 0 fully saturated rings. The van der Waals surface area contributed by atoms with Gasteiger partial charge >= 0.3 is 0 Å². The van der Waals surface area contributed by atoms with Crippen LogP contribution in [0.3, 0.4) is 0 Å². The van der Waals surface area contributed by atoms with E-state index in [0.717, 1.165) is 0 Å². The topological polar surface area (TPSA) is 123 Å². The highest BCUT2D eigenvalue weighted by Gasteiger charge is 2.11. The lowest BCUT2D eigenvalue weighted by atomic mass is 10.5. The summed E-state index contributed by atoms with van der Waals surface area (Å²) in [6, 6.07) is 0. The van der Waals surface area contributed by atoms with Crippen LogP contribution in [0.2, 0.25) is 0 Å². The first-order valence-electron chi connectivity index (χ1n) is 7.63. The summed E-state index contributed by atoms with van der Waals surface area (Å²) in [7, 11) is 0. The minimum absolute atomic E-state index is 0.170. The van der Waals surface area contributed by atoms with Crippen LogP contribution in [-0.4, -0.2) is 73.2 Å². The molecular formula is C14H28N6O4. The molecule has 4 amide bonds. The molecule has 0 saturated heterocycles. The normalized spacial score (nSPS) is 10.4. The quantitative estimate of drug-likeness (QED) is 0.321. The van der Waals surface area contributed by atoms with Gasteiger partial charge in [-0.05, 0) is 0 Å². The smallest absolute Gasteiger partial charge is 0.217 e. The van der Waals surface area contributed by atoms with Gasteiger partial charge in [0.2, 0.25) is 23.6 Å². The van der Waals surface area contributed by atoms with Crippen molar-refractivity contribution in [3.8, 4) is 0 Å². The van der Waals surface area contributed by atoms with Gasteiger partial charge in [-0.3, -0.25) is 29.0 Å². The summed E-state index contributed by atoms with van der Waals surface area (Å²) in [6.07, 6.45) is 0. The summed E-state index contributed by atoms with van der Waals surface area (Å²) >= 11 is 0. The van der Waals surface area contributed by atoms with Gasteiger partial charge in [-0.15, -0.1) is 0 Å². The van der Waals surface area contributed by atoms with E-state index in [9.17, 15) is 19.2 Å². The number of carbonyl (C=O) groups excluding carboxylic acids is 4. The molecule has 0 aromatic rings. The van der Waals surface area contributed by atoms with Crippen LogP contribution in [0.15, 0.2) is 0 Å². The molecule has 0 spiro atoms. The molecule has 0 aliphatic rings. The molecule has 0 radical (unpaired) electrons. The summed E-state index contributed by atoms with van der Waals surface area (Å²) in [4.78, 5) is 47.9. The minimum Gasteiger partial charge on any atom is -0.344 e. The predicted molar refractivity (Wildman–Crippen MR) is 88.1 cm³/mol. The number of carbonyl (C=O) groups is 4. The van der Waals surface area contributed by atoms with Crippen LogP contribution >= 0.6 is 0 Å². The summed E-state index contributed by atoms with van der Waals surface area (Å²) in [5.41, 5.74) is 0. The molecule has 0 heterocycles. The molecular weight excluding hydrogens is 316 g/mol. The van der Waals surface area contributed by atoms with Gasteiger partial charge in [0.1, 0.15) is 0 Å². The van der Waals surface area contributed by atoms with E-state index in [0.29, 0.717) is 13.1 Å². The third-order valence-corrected chi connectivity index (χ3v) is 2.94. The molecule has 10 nitrogen and oxygen atoms in total. The monoisotopic (exact) mass is 344 g/mol. The van der Waals surface area contributed by atoms with Crippen molar-refractivity contribution in [1.29, 1.82) is 0 Å². The molecule has 138 valence electrons.